The Labute approximate surface area is 131 Å². The van der Waals surface area contributed by atoms with Crippen molar-refractivity contribution in [2.24, 2.45) is 29.1 Å². The third-order valence-corrected chi connectivity index (χ3v) is 8.23. The van der Waals surface area contributed by atoms with Gasteiger partial charge < -0.3 is 4.74 Å². The molecule has 2 heteroatoms. The second-order valence-corrected chi connectivity index (χ2v) is 9.38. The first-order chi connectivity index (χ1) is 9.48. The molecule has 2 aliphatic carbocycles. The van der Waals surface area contributed by atoms with Crippen molar-refractivity contribution in [2.75, 3.05) is 0 Å². The summed E-state index contributed by atoms with van der Waals surface area (Å²) in [5, 5.41) is 0. The van der Waals surface area contributed by atoms with E-state index in [1.54, 1.807) is 0 Å². The van der Waals surface area contributed by atoms with Crippen molar-refractivity contribution in [3.63, 3.8) is 0 Å². The Morgan fingerprint density at radius 3 is 2.85 bits per heavy atom. The standard InChI is InChI=1S/C18H27BrO/c1-11-10-14-16(17(14,2)3)13-9-8-12-6-4-5-7-15(19)18(11,13)20-12/h8,11,13-16H,4-7,9-10H2,1-3H3/t11-,13+,14+,15+,16+,18-/m1/s1. The Kier molecular flexibility index (Phi) is 2.92. The lowest BCUT2D eigenvalue weighted by molar-refractivity contribution is -0.130. The molecule has 1 saturated heterocycles. The van der Waals surface area contributed by atoms with E-state index >= 15 is 0 Å². The molecule has 4 rings (SSSR count). The lowest BCUT2D eigenvalue weighted by Crippen LogP contribution is -2.58. The molecule has 4 aliphatic rings. The molecule has 20 heavy (non-hydrogen) atoms. The lowest BCUT2D eigenvalue weighted by Gasteiger charge is -2.54. The third-order valence-electron chi connectivity index (χ3n) is 7.06. The van der Waals surface area contributed by atoms with Crippen LogP contribution in [0.25, 0.3) is 0 Å². The number of hydrogen-bond donors (Lipinski definition) is 0. The van der Waals surface area contributed by atoms with E-state index in [2.05, 4.69) is 42.8 Å². The Hall–Kier alpha value is 0.0200. The summed E-state index contributed by atoms with van der Waals surface area (Å²) in [6, 6.07) is 0. The van der Waals surface area contributed by atoms with Gasteiger partial charge in [-0.25, -0.2) is 0 Å². The van der Waals surface area contributed by atoms with Crippen LogP contribution in [0, 0.1) is 29.1 Å². The van der Waals surface area contributed by atoms with Crippen molar-refractivity contribution in [3.05, 3.63) is 11.8 Å². The number of fused-ring (bicyclic) bond motifs is 3. The van der Waals surface area contributed by atoms with E-state index in [0.29, 0.717) is 16.2 Å². The molecule has 1 nitrogen and oxygen atoms in total. The number of alkyl halides is 1. The van der Waals surface area contributed by atoms with Crippen LogP contribution < -0.4 is 0 Å². The van der Waals surface area contributed by atoms with Gasteiger partial charge in [-0.3, -0.25) is 0 Å². The van der Waals surface area contributed by atoms with Gasteiger partial charge in [0.1, 0.15) is 5.60 Å². The van der Waals surface area contributed by atoms with Gasteiger partial charge in [-0.1, -0.05) is 43.1 Å². The summed E-state index contributed by atoms with van der Waals surface area (Å²) in [4.78, 5) is 0.538. The maximum absolute atomic E-state index is 6.75. The smallest absolute Gasteiger partial charge is 0.127 e. The summed E-state index contributed by atoms with van der Waals surface area (Å²) in [7, 11) is 0. The first-order valence-electron chi connectivity index (χ1n) is 8.50. The fourth-order valence-electron chi connectivity index (χ4n) is 5.89. The second-order valence-electron chi connectivity index (χ2n) is 8.27. The highest BCUT2D eigenvalue weighted by molar-refractivity contribution is 9.09. The van der Waals surface area contributed by atoms with E-state index in [9.17, 15) is 0 Å². The Balaban J connectivity index is 1.78. The summed E-state index contributed by atoms with van der Waals surface area (Å²) in [5.74, 6) is 4.54. The summed E-state index contributed by atoms with van der Waals surface area (Å²) in [6.07, 6.45) is 10.1. The minimum atomic E-state index is 0.0828. The number of halogens is 1. The van der Waals surface area contributed by atoms with Crippen LogP contribution in [0.4, 0.5) is 0 Å². The average Bonchev–Trinajstić information content (AvgIpc) is 2.95. The zero-order chi connectivity index (χ0) is 14.1. The highest BCUT2D eigenvalue weighted by Gasteiger charge is 2.71. The van der Waals surface area contributed by atoms with Gasteiger partial charge >= 0.3 is 0 Å². The number of allylic oxidation sites excluding steroid dienone is 2. The predicted molar refractivity (Wildman–Crippen MR) is 85.7 cm³/mol. The van der Waals surface area contributed by atoms with Crippen LogP contribution in [0.2, 0.25) is 0 Å². The first kappa shape index (κ1) is 13.7. The molecule has 3 fully saturated rings. The first-order valence-corrected chi connectivity index (χ1v) is 9.41. The van der Waals surface area contributed by atoms with Crippen LogP contribution in [-0.4, -0.2) is 10.4 Å². The Bertz CT molecular complexity index is 454. The molecular formula is C18H27BrO. The van der Waals surface area contributed by atoms with Gasteiger partial charge in [0, 0.05) is 12.3 Å². The van der Waals surface area contributed by atoms with Crippen LogP contribution in [0.5, 0.6) is 0 Å². The van der Waals surface area contributed by atoms with Crippen LogP contribution >= 0.6 is 15.9 Å². The van der Waals surface area contributed by atoms with E-state index in [4.69, 9.17) is 4.74 Å². The molecule has 0 N–H and O–H groups in total. The summed E-state index contributed by atoms with van der Waals surface area (Å²) in [6.45, 7) is 7.43. The molecule has 0 aromatic heterocycles. The highest BCUT2D eigenvalue weighted by atomic mass is 79.9. The molecule has 2 aliphatic heterocycles. The van der Waals surface area contributed by atoms with E-state index in [-0.39, 0.29) is 5.60 Å². The summed E-state index contributed by atoms with van der Waals surface area (Å²) >= 11 is 4.07. The molecule has 0 radical (unpaired) electrons. The quantitative estimate of drug-likeness (QED) is 0.545. The normalized spacial score (nSPS) is 52.6. The highest BCUT2D eigenvalue weighted by Crippen LogP contribution is 2.73. The minimum Gasteiger partial charge on any atom is -0.490 e. The van der Waals surface area contributed by atoms with Gasteiger partial charge in [-0.05, 0) is 54.9 Å². The molecular weight excluding hydrogens is 312 g/mol. The molecule has 2 bridgehead atoms. The number of rotatable bonds is 0. The third kappa shape index (κ3) is 1.61. The molecule has 2 saturated carbocycles. The monoisotopic (exact) mass is 338 g/mol. The predicted octanol–water partition coefficient (Wildman–Crippen LogP) is 5.30. The minimum absolute atomic E-state index is 0.0828. The molecule has 112 valence electrons. The van der Waals surface area contributed by atoms with Gasteiger partial charge in [0.15, 0.2) is 0 Å². The van der Waals surface area contributed by atoms with Gasteiger partial charge in [0.05, 0.1) is 10.6 Å². The number of ether oxygens (including phenoxy) is 1. The Morgan fingerprint density at radius 1 is 1.25 bits per heavy atom. The van der Waals surface area contributed by atoms with Crippen molar-refractivity contribution >= 4 is 15.9 Å². The summed E-state index contributed by atoms with van der Waals surface area (Å²) < 4.78 is 6.75. The van der Waals surface area contributed by atoms with Crippen LogP contribution in [0.1, 0.15) is 59.3 Å². The number of hydrogen-bond acceptors (Lipinski definition) is 1. The van der Waals surface area contributed by atoms with Crippen molar-refractivity contribution in [2.45, 2.75) is 69.7 Å². The van der Waals surface area contributed by atoms with Crippen molar-refractivity contribution in [1.29, 1.82) is 0 Å². The van der Waals surface area contributed by atoms with Crippen molar-refractivity contribution in [3.8, 4) is 0 Å². The fourth-order valence-corrected chi connectivity index (χ4v) is 7.10. The molecule has 0 aromatic rings. The average molecular weight is 339 g/mol. The molecule has 0 amide bonds. The van der Waals surface area contributed by atoms with E-state index < -0.39 is 0 Å². The molecule has 1 spiro atoms. The van der Waals surface area contributed by atoms with Crippen molar-refractivity contribution < 1.29 is 4.74 Å². The van der Waals surface area contributed by atoms with Gasteiger partial charge in [-0.2, -0.15) is 0 Å². The van der Waals surface area contributed by atoms with Crippen LogP contribution in [0.3, 0.4) is 0 Å². The van der Waals surface area contributed by atoms with Gasteiger partial charge in [0.2, 0.25) is 0 Å². The zero-order valence-electron chi connectivity index (χ0n) is 13.0. The van der Waals surface area contributed by atoms with E-state index in [1.807, 2.05) is 0 Å². The van der Waals surface area contributed by atoms with Gasteiger partial charge in [0.25, 0.3) is 0 Å². The summed E-state index contributed by atoms with van der Waals surface area (Å²) in [5.41, 5.74) is 0.631. The topological polar surface area (TPSA) is 9.23 Å². The zero-order valence-corrected chi connectivity index (χ0v) is 14.6. The molecule has 2 heterocycles. The van der Waals surface area contributed by atoms with E-state index in [1.165, 1.54) is 44.3 Å². The molecule has 0 unspecified atom stereocenters. The van der Waals surface area contributed by atoms with Crippen LogP contribution in [0.15, 0.2) is 11.8 Å². The van der Waals surface area contributed by atoms with Gasteiger partial charge in [-0.15, -0.1) is 0 Å². The molecule has 6 atom stereocenters. The second kappa shape index (κ2) is 4.27. The van der Waals surface area contributed by atoms with Crippen molar-refractivity contribution in [1.82, 2.24) is 0 Å². The molecule has 0 aromatic carbocycles. The maximum atomic E-state index is 6.75. The van der Waals surface area contributed by atoms with Crippen LogP contribution in [-0.2, 0) is 4.74 Å². The lowest BCUT2D eigenvalue weighted by atomic mass is 9.63. The SMILES string of the molecule is C[C@@H]1C[C@H]2[C@H]([C@@H]3CC=C4CCCC[C@H](Br)[C@@]13O4)C2(C)C. The fraction of sp³-hybridized carbons (Fsp3) is 0.889. The van der Waals surface area contributed by atoms with E-state index in [0.717, 1.165) is 17.8 Å². The maximum Gasteiger partial charge on any atom is 0.127 e. The largest absolute Gasteiger partial charge is 0.490 e. The Morgan fingerprint density at radius 2 is 2.05 bits per heavy atom.